The molecule has 33 heavy (non-hydrogen) atoms. The number of carbonyl (C=O) groups excluding carboxylic acids is 2. The highest BCUT2D eigenvalue weighted by atomic mass is 19.4. The molecule has 1 aromatic carbocycles. The zero-order chi connectivity index (χ0) is 24.4. The molecule has 2 heterocycles. The summed E-state index contributed by atoms with van der Waals surface area (Å²) < 4.78 is 58.9. The first-order valence-electron chi connectivity index (χ1n) is 10.4. The largest absolute Gasteiger partial charge is 0.444 e. The standard InChI is InChI=1S/C23H25F4N3O3/c1-22(2,3)33-21(32)30-12-10-18(16(13-30)14-6-8-15(24)9-7-14)29-20(31)19-17(23(25,26)27)5-4-11-28-19/h4-9,11,16,18H,10,12-13H2,1-3H3,(H,29,31)/t16-,18-/m1/s1. The molecule has 0 radical (unpaired) electrons. The van der Waals surface area contributed by atoms with Gasteiger partial charge in [-0.3, -0.25) is 9.78 Å². The first kappa shape index (κ1) is 24.5. The molecule has 10 heteroatoms. The van der Waals surface area contributed by atoms with Gasteiger partial charge in [-0.05, 0) is 57.0 Å². The van der Waals surface area contributed by atoms with Crippen molar-refractivity contribution in [1.82, 2.24) is 15.2 Å². The highest BCUT2D eigenvalue weighted by Crippen LogP contribution is 2.32. The van der Waals surface area contributed by atoms with E-state index in [0.29, 0.717) is 5.56 Å². The van der Waals surface area contributed by atoms with Crippen LogP contribution in [-0.2, 0) is 10.9 Å². The molecular formula is C23H25F4N3O3. The van der Waals surface area contributed by atoms with E-state index < -0.39 is 52.8 Å². The van der Waals surface area contributed by atoms with Crippen LogP contribution in [0.1, 0.15) is 54.7 Å². The molecule has 0 spiro atoms. The number of ether oxygens (including phenoxy) is 1. The number of hydrogen-bond acceptors (Lipinski definition) is 4. The van der Waals surface area contributed by atoms with Gasteiger partial charge >= 0.3 is 12.3 Å². The highest BCUT2D eigenvalue weighted by Gasteiger charge is 2.39. The summed E-state index contributed by atoms with van der Waals surface area (Å²) in [7, 11) is 0. The summed E-state index contributed by atoms with van der Waals surface area (Å²) in [5.41, 5.74) is -1.93. The maximum atomic E-state index is 13.5. The summed E-state index contributed by atoms with van der Waals surface area (Å²) in [5.74, 6) is -1.91. The number of halogens is 4. The first-order valence-corrected chi connectivity index (χ1v) is 10.4. The van der Waals surface area contributed by atoms with E-state index in [0.717, 1.165) is 18.3 Å². The van der Waals surface area contributed by atoms with Crippen LogP contribution in [0.4, 0.5) is 22.4 Å². The fourth-order valence-electron chi connectivity index (χ4n) is 3.72. The average Bonchev–Trinajstić information content (AvgIpc) is 2.73. The van der Waals surface area contributed by atoms with Gasteiger partial charge in [-0.25, -0.2) is 9.18 Å². The average molecular weight is 467 g/mol. The summed E-state index contributed by atoms with van der Waals surface area (Å²) in [6.45, 7) is 5.58. The number of amides is 2. The van der Waals surface area contributed by atoms with E-state index in [9.17, 15) is 27.2 Å². The molecule has 1 saturated heterocycles. The van der Waals surface area contributed by atoms with E-state index >= 15 is 0 Å². The quantitative estimate of drug-likeness (QED) is 0.661. The number of aromatic nitrogens is 1. The second-order valence-corrected chi connectivity index (χ2v) is 8.85. The Morgan fingerprint density at radius 3 is 2.39 bits per heavy atom. The van der Waals surface area contributed by atoms with Crippen LogP contribution in [0.25, 0.3) is 0 Å². The van der Waals surface area contributed by atoms with E-state index in [1.54, 1.807) is 20.8 Å². The molecule has 2 atom stereocenters. The summed E-state index contributed by atoms with van der Waals surface area (Å²) in [6.07, 6.45) is -3.89. The monoisotopic (exact) mass is 467 g/mol. The third-order valence-corrected chi connectivity index (χ3v) is 5.21. The molecule has 1 aromatic heterocycles. The molecule has 0 aliphatic carbocycles. The lowest BCUT2D eigenvalue weighted by Gasteiger charge is -2.39. The predicted molar refractivity (Wildman–Crippen MR) is 112 cm³/mol. The van der Waals surface area contributed by atoms with Crippen LogP contribution in [-0.4, -0.2) is 46.6 Å². The van der Waals surface area contributed by atoms with Gasteiger partial charge in [0.1, 0.15) is 17.1 Å². The predicted octanol–water partition coefficient (Wildman–Crippen LogP) is 4.76. The molecule has 0 bridgehead atoms. The van der Waals surface area contributed by atoms with Crippen molar-refractivity contribution in [2.45, 2.75) is 50.9 Å². The zero-order valence-electron chi connectivity index (χ0n) is 18.4. The third-order valence-electron chi connectivity index (χ3n) is 5.21. The molecule has 1 N–H and O–H groups in total. The first-order chi connectivity index (χ1) is 15.3. The van der Waals surface area contributed by atoms with Crippen molar-refractivity contribution in [1.29, 1.82) is 0 Å². The van der Waals surface area contributed by atoms with Crippen molar-refractivity contribution in [3.05, 3.63) is 65.2 Å². The number of rotatable bonds is 3. The number of nitrogens with one attached hydrogen (secondary N) is 1. The topological polar surface area (TPSA) is 71.5 Å². The second kappa shape index (κ2) is 9.36. The van der Waals surface area contributed by atoms with E-state index in [1.807, 2.05) is 0 Å². The summed E-state index contributed by atoms with van der Waals surface area (Å²) in [6, 6.07) is 6.86. The number of benzene rings is 1. The number of pyridine rings is 1. The van der Waals surface area contributed by atoms with Crippen LogP contribution in [0, 0.1) is 5.82 Å². The molecule has 0 saturated carbocycles. The maximum absolute atomic E-state index is 13.5. The molecule has 2 amide bonds. The molecule has 1 fully saturated rings. The molecule has 6 nitrogen and oxygen atoms in total. The number of alkyl halides is 3. The minimum absolute atomic E-state index is 0.139. The van der Waals surface area contributed by atoms with E-state index in [4.69, 9.17) is 4.74 Å². The summed E-state index contributed by atoms with van der Waals surface area (Å²) >= 11 is 0. The lowest BCUT2D eigenvalue weighted by molar-refractivity contribution is -0.138. The second-order valence-electron chi connectivity index (χ2n) is 8.85. The maximum Gasteiger partial charge on any atom is 0.418 e. The number of carbonyl (C=O) groups is 2. The van der Waals surface area contributed by atoms with Gasteiger partial charge in [-0.15, -0.1) is 0 Å². The van der Waals surface area contributed by atoms with Crippen molar-refractivity contribution in [2.24, 2.45) is 0 Å². The van der Waals surface area contributed by atoms with Gasteiger partial charge in [0.25, 0.3) is 5.91 Å². The highest BCUT2D eigenvalue weighted by molar-refractivity contribution is 5.94. The summed E-state index contributed by atoms with van der Waals surface area (Å²) in [5, 5.41) is 2.64. The number of likely N-dealkylation sites (tertiary alicyclic amines) is 1. The van der Waals surface area contributed by atoms with Crippen LogP contribution >= 0.6 is 0 Å². The molecule has 178 valence electrons. The Labute approximate surface area is 188 Å². The lowest BCUT2D eigenvalue weighted by Crippen LogP contribution is -2.52. The Morgan fingerprint density at radius 2 is 1.79 bits per heavy atom. The van der Waals surface area contributed by atoms with Crippen molar-refractivity contribution in [3.63, 3.8) is 0 Å². The van der Waals surface area contributed by atoms with Crippen LogP contribution < -0.4 is 5.32 Å². The van der Waals surface area contributed by atoms with Crippen molar-refractivity contribution in [3.8, 4) is 0 Å². The smallest absolute Gasteiger partial charge is 0.418 e. The fraction of sp³-hybridized carbons (Fsp3) is 0.435. The number of piperidine rings is 1. The molecule has 1 aliphatic rings. The minimum atomic E-state index is -4.74. The van der Waals surface area contributed by atoms with Crippen LogP contribution in [0.15, 0.2) is 42.6 Å². The normalized spacial score (nSPS) is 19.2. The van der Waals surface area contributed by atoms with Crippen molar-refractivity contribution < 1.29 is 31.9 Å². The van der Waals surface area contributed by atoms with Gasteiger partial charge in [0, 0.05) is 31.2 Å². The number of hydrogen-bond donors (Lipinski definition) is 1. The SMILES string of the molecule is CC(C)(C)OC(=O)N1CC[C@@H](NC(=O)c2ncccc2C(F)(F)F)[C@@H](c2ccc(F)cc2)C1. The van der Waals surface area contributed by atoms with Crippen LogP contribution in [0.3, 0.4) is 0 Å². The van der Waals surface area contributed by atoms with Crippen LogP contribution in [0.5, 0.6) is 0 Å². The van der Waals surface area contributed by atoms with E-state index in [-0.39, 0.29) is 19.5 Å². The van der Waals surface area contributed by atoms with Gasteiger partial charge in [0.05, 0.1) is 5.56 Å². The van der Waals surface area contributed by atoms with Gasteiger partial charge in [0.2, 0.25) is 0 Å². The number of nitrogens with zero attached hydrogens (tertiary/aromatic N) is 2. The molecule has 1 aliphatic heterocycles. The Bertz CT molecular complexity index is 1000. The van der Waals surface area contributed by atoms with E-state index in [1.165, 1.54) is 29.2 Å². The van der Waals surface area contributed by atoms with E-state index in [2.05, 4.69) is 10.3 Å². The van der Waals surface area contributed by atoms with Gasteiger partial charge in [-0.2, -0.15) is 13.2 Å². The fourth-order valence-corrected chi connectivity index (χ4v) is 3.72. The lowest BCUT2D eigenvalue weighted by atomic mass is 9.86. The molecular weight excluding hydrogens is 442 g/mol. The van der Waals surface area contributed by atoms with Crippen molar-refractivity contribution in [2.75, 3.05) is 13.1 Å². The van der Waals surface area contributed by atoms with Crippen molar-refractivity contribution >= 4 is 12.0 Å². The minimum Gasteiger partial charge on any atom is -0.444 e. The molecule has 2 aromatic rings. The Kier molecular flexibility index (Phi) is 6.94. The Hall–Kier alpha value is -3.17. The Balaban J connectivity index is 1.85. The summed E-state index contributed by atoms with van der Waals surface area (Å²) in [4.78, 5) is 30.5. The van der Waals surface area contributed by atoms with Gasteiger partial charge < -0.3 is 15.0 Å². The molecule has 3 rings (SSSR count). The zero-order valence-corrected chi connectivity index (χ0v) is 18.4. The van der Waals surface area contributed by atoms with Gasteiger partial charge in [0.15, 0.2) is 0 Å². The molecule has 0 unspecified atom stereocenters. The van der Waals surface area contributed by atoms with Gasteiger partial charge in [-0.1, -0.05) is 12.1 Å². The third kappa shape index (κ3) is 6.21. The van der Waals surface area contributed by atoms with Crippen LogP contribution in [0.2, 0.25) is 0 Å². The Morgan fingerprint density at radius 1 is 1.12 bits per heavy atom.